The van der Waals surface area contributed by atoms with Crippen LogP contribution in [-0.2, 0) is 7.05 Å². The average molecular weight is 237 g/mol. The van der Waals surface area contributed by atoms with Gasteiger partial charge in [-0.3, -0.25) is 0 Å². The highest BCUT2D eigenvalue weighted by atomic mass is 16.3. The highest BCUT2D eigenvalue weighted by Crippen LogP contribution is 2.15. The Morgan fingerprint density at radius 3 is 3.00 bits per heavy atom. The minimum atomic E-state index is -0.560. The van der Waals surface area contributed by atoms with E-state index in [0.717, 1.165) is 5.69 Å². The van der Waals surface area contributed by atoms with Crippen LogP contribution < -0.4 is 10.6 Å². The van der Waals surface area contributed by atoms with Crippen molar-refractivity contribution in [2.24, 2.45) is 7.05 Å². The largest absolute Gasteiger partial charge is 0.387 e. The third-order valence-electron chi connectivity index (χ3n) is 2.44. The molecule has 5 nitrogen and oxygen atoms in total. The fourth-order valence-electron chi connectivity index (χ4n) is 1.52. The molecule has 0 bridgehead atoms. The zero-order valence-electron chi connectivity index (χ0n) is 10.0. The van der Waals surface area contributed by atoms with Crippen LogP contribution in [0.2, 0.25) is 0 Å². The third kappa shape index (κ3) is 4.32. The quantitative estimate of drug-likeness (QED) is 0.644. The first kappa shape index (κ1) is 13.3. The van der Waals surface area contributed by atoms with Crippen LogP contribution in [0.25, 0.3) is 0 Å². The van der Waals surface area contributed by atoms with Crippen LogP contribution in [0.1, 0.15) is 18.2 Å². The maximum Gasteiger partial charge on any atom is 0.315 e. The fourth-order valence-corrected chi connectivity index (χ4v) is 1.52. The highest BCUT2D eigenvalue weighted by Gasteiger charge is 2.10. The molecule has 2 amide bonds. The molecular weight excluding hydrogens is 218 g/mol. The number of carbonyl (C=O) groups excluding carboxylic acids is 1. The molecule has 17 heavy (non-hydrogen) atoms. The smallest absolute Gasteiger partial charge is 0.315 e. The van der Waals surface area contributed by atoms with E-state index in [-0.39, 0.29) is 6.03 Å². The van der Waals surface area contributed by atoms with E-state index in [9.17, 15) is 9.90 Å². The molecule has 0 aliphatic rings. The number of hydrogen-bond donors (Lipinski definition) is 3. The Hall–Kier alpha value is -1.75. The van der Waals surface area contributed by atoms with Gasteiger partial charge >= 0.3 is 6.03 Å². The van der Waals surface area contributed by atoms with Gasteiger partial charge in [-0.1, -0.05) is 6.08 Å². The summed E-state index contributed by atoms with van der Waals surface area (Å²) < 4.78 is 1.86. The number of rotatable bonds is 6. The summed E-state index contributed by atoms with van der Waals surface area (Å²) in [4.78, 5) is 11.2. The van der Waals surface area contributed by atoms with Crippen molar-refractivity contribution in [2.75, 3.05) is 13.1 Å². The number of urea groups is 1. The van der Waals surface area contributed by atoms with Gasteiger partial charge in [-0.05, 0) is 18.6 Å². The highest BCUT2D eigenvalue weighted by molar-refractivity contribution is 5.73. The molecule has 1 aromatic rings. The van der Waals surface area contributed by atoms with Crippen LogP contribution in [0.4, 0.5) is 4.79 Å². The molecule has 0 aliphatic heterocycles. The van der Waals surface area contributed by atoms with Crippen molar-refractivity contribution >= 4 is 6.03 Å². The summed E-state index contributed by atoms with van der Waals surface area (Å²) >= 11 is 0. The summed E-state index contributed by atoms with van der Waals surface area (Å²) in [6, 6.07) is 3.49. The van der Waals surface area contributed by atoms with Gasteiger partial charge in [0, 0.05) is 32.0 Å². The van der Waals surface area contributed by atoms with Crippen molar-refractivity contribution in [3.63, 3.8) is 0 Å². The second-order valence-electron chi connectivity index (χ2n) is 3.77. The Bertz CT molecular complexity index is 374. The second-order valence-corrected chi connectivity index (χ2v) is 3.77. The van der Waals surface area contributed by atoms with Gasteiger partial charge in [0.1, 0.15) is 0 Å². The molecule has 1 aromatic heterocycles. The van der Waals surface area contributed by atoms with Crippen molar-refractivity contribution < 1.29 is 9.90 Å². The SMILES string of the molecule is C=CCNC(=O)NCCC(O)c1cccn1C. The van der Waals surface area contributed by atoms with Crippen LogP contribution in [0.3, 0.4) is 0 Å². The molecule has 0 saturated carbocycles. The van der Waals surface area contributed by atoms with Gasteiger partial charge in [0.2, 0.25) is 0 Å². The lowest BCUT2D eigenvalue weighted by Crippen LogP contribution is -2.36. The lowest BCUT2D eigenvalue weighted by molar-refractivity contribution is 0.159. The molecule has 0 saturated heterocycles. The van der Waals surface area contributed by atoms with Gasteiger partial charge in [0.05, 0.1) is 6.10 Å². The summed E-state index contributed by atoms with van der Waals surface area (Å²) in [7, 11) is 1.88. The van der Waals surface area contributed by atoms with Gasteiger partial charge in [-0.25, -0.2) is 4.79 Å². The summed E-state index contributed by atoms with van der Waals surface area (Å²) in [5.41, 5.74) is 0.846. The lowest BCUT2D eigenvalue weighted by atomic mass is 10.2. The van der Waals surface area contributed by atoms with Crippen LogP contribution in [0, 0.1) is 0 Å². The normalized spacial score (nSPS) is 11.9. The van der Waals surface area contributed by atoms with Crippen molar-refractivity contribution in [2.45, 2.75) is 12.5 Å². The number of hydrogen-bond acceptors (Lipinski definition) is 2. The summed E-state index contributed by atoms with van der Waals surface area (Å²) in [5, 5.41) is 15.1. The van der Waals surface area contributed by atoms with Gasteiger partial charge in [-0.15, -0.1) is 6.58 Å². The van der Waals surface area contributed by atoms with E-state index in [2.05, 4.69) is 17.2 Å². The Labute approximate surface area is 101 Å². The van der Waals surface area contributed by atoms with E-state index >= 15 is 0 Å². The van der Waals surface area contributed by atoms with Gasteiger partial charge in [0.15, 0.2) is 0 Å². The number of amides is 2. The predicted octanol–water partition coefficient (Wildman–Crippen LogP) is 0.934. The molecule has 0 aromatic carbocycles. The van der Waals surface area contributed by atoms with E-state index in [4.69, 9.17) is 0 Å². The fraction of sp³-hybridized carbons (Fsp3) is 0.417. The number of aromatic nitrogens is 1. The summed E-state index contributed by atoms with van der Waals surface area (Å²) in [6.07, 6.45) is 3.41. The lowest BCUT2D eigenvalue weighted by Gasteiger charge is -2.12. The molecule has 94 valence electrons. The molecule has 0 fully saturated rings. The van der Waals surface area contributed by atoms with Crippen LogP contribution in [0.15, 0.2) is 31.0 Å². The van der Waals surface area contributed by atoms with E-state index in [0.29, 0.717) is 19.5 Å². The van der Waals surface area contributed by atoms with Crippen LogP contribution in [-0.4, -0.2) is 28.8 Å². The third-order valence-corrected chi connectivity index (χ3v) is 2.44. The van der Waals surface area contributed by atoms with Crippen molar-refractivity contribution in [3.8, 4) is 0 Å². The Balaban J connectivity index is 2.25. The average Bonchev–Trinajstić information content (AvgIpc) is 2.72. The number of nitrogens with one attached hydrogen (secondary N) is 2. The Kier molecular flexibility index (Phi) is 5.29. The van der Waals surface area contributed by atoms with E-state index in [1.165, 1.54) is 0 Å². The predicted molar refractivity (Wildman–Crippen MR) is 66.6 cm³/mol. The number of aliphatic hydroxyl groups excluding tert-OH is 1. The van der Waals surface area contributed by atoms with Crippen LogP contribution >= 0.6 is 0 Å². The molecule has 3 N–H and O–H groups in total. The van der Waals surface area contributed by atoms with Gasteiger partial charge < -0.3 is 20.3 Å². The zero-order valence-corrected chi connectivity index (χ0v) is 10.0. The number of carbonyl (C=O) groups is 1. The Morgan fingerprint density at radius 1 is 1.65 bits per heavy atom. The zero-order chi connectivity index (χ0) is 12.7. The molecule has 1 unspecified atom stereocenters. The standard InChI is InChI=1S/C12H19N3O2/c1-3-7-13-12(17)14-8-6-11(16)10-5-4-9-15(10)2/h3-5,9,11,16H,1,6-8H2,2H3,(H2,13,14,17). The molecule has 5 heteroatoms. The van der Waals surface area contributed by atoms with Crippen LogP contribution in [0.5, 0.6) is 0 Å². The molecule has 0 aliphatic carbocycles. The first-order valence-electron chi connectivity index (χ1n) is 5.57. The van der Waals surface area contributed by atoms with Gasteiger partial charge in [-0.2, -0.15) is 0 Å². The Morgan fingerprint density at radius 2 is 2.41 bits per heavy atom. The maximum absolute atomic E-state index is 11.2. The number of nitrogens with zero attached hydrogens (tertiary/aromatic N) is 1. The van der Waals surface area contributed by atoms with Crippen molar-refractivity contribution in [3.05, 3.63) is 36.7 Å². The van der Waals surface area contributed by atoms with E-state index in [1.54, 1.807) is 6.08 Å². The molecule has 0 radical (unpaired) electrons. The minimum absolute atomic E-state index is 0.246. The van der Waals surface area contributed by atoms with Crippen molar-refractivity contribution in [1.29, 1.82) is 0 Å². The summed E-state index contributed by atoms with van der Waals surface area (Å²) in [6.45, 7) is 4.36. The molecule has 1 rings (SSSR count). The van der Waals surface area contributed by atoms with E-state index in [1.807, 2.05) is 29.9 Å². The number of aliphatic hydroxyl groups is 1. The molecule has 0 spiro atoms. The minimum Gasteiger partial charge on any atom is -0.387 e. The molecule has 1 atom stereocenters. The monoisotopic (exact) mass is 237 g/mol. The first-order valence-corrected chi connectivity index (χ1v) is 5.57. The maximum atomic E-state index is 11.2. The topological polar surface area (TPSA) is 66.3 Å². The molecule has 1 heterocycles. The second kappa shape index (κ2) is 6.75. The van der Waals surface area contributed by atoms with E-state index < -0.39 is 6.10 Å². The first-order chi connectivity index (χ1) is 8.15. The van der Waals surface area contributed by atoms with Gasteiger partial charge in [0.25, 0.3) is 0 Å². The summed E-state index contributed by atoms with van der Waals surface area (Å²) in [5.74, 6) is 0. The molecular formula is C12H19N3O2. The van der Waals surface area contributed by atoms with Crippen molar-refractivity contribution in [1.82, 2.24) is 15.2 Å². The number of aryl methyl sites for hydroxylation is 1.